The van der Waals surface area contributed by atoms with Crippen LogP contribution in [-0.2, 0) is 22.4 Å². The van der Waals surface area contributed by atoms with Gasteiger partial charge in [-0.2, -0.15) is 0 Å². The van der Waals surface area contributed by atoms with Crippen molar-refractivity contribution >= 4 is 5.91 Å². The highest BCUT2D eigenvalue weighted by molar-refractivity contribution is 5.78. The van der Waals surface area contributed by atoms with Crippen molar-refractivity contribution in [3.8, 4) is 0 Å². The Labute approximate surface area is 102 Å². The average Bonchev–Trinajstić information content (AvgIpc) is 2.40. The molecule has 1 aromatic carbocycles. The molecule has 0 saturated carbocycles. The Balaban J connectivity index is 1.96. The lowest BCUT2D eigenvalue weighted by Gasteiger charge is -2.26. The van der Waals surface area contributed by atoms with Crippen molar-refractivity contribution in [3.63, 3.8) is 0 Å². The molecule has 0 atom stereocenters. The second-order valence-electron chi connectivity index (χ2n) is 4.34. The van der Waals surface area contributed by atoms with E-state index < -0.39 is 0 Å². The number of hydrogen-bond acceptors (Lipinski definition) is 2. The van der Waals surface area contributed by atoms with E-state index in [1.54, 1.807) is 0 Å². The molecule has 1 saturated heterocycles. The van der Waals surface area contributed by atoms with Gasteiger partial charge in [-0.1, -0.05) is 31.2 Å². The zero-order valence-corrected chi connectivity index (χ0v) is 10.3. The van der Waals surface area contributed by atoms with Crippen molar-refractivity contribution in [1.82, 2.24) is 4.90 Å². The van der Waals surface area contributed by atoms with Crippen LogP contribution in [0.4, 0.5) is 0 Å². The van der Waals surface area contributed by atoms with Crippen molar-refractivity contribution in [2.45, 2.75) is 19.8 Å². The van der Waals surface area contributed by atoms with Crippen LogP contribution in [0.5, 0.6) is 0 Å². The lowest BCUT2D eigenvalue weighted by Crippen LogP contribution is -2.41. The highest BCUT2D eigenvalue weighted by atomic mass is 16.5. The number of nitrogens with zero attached hydrogens (tertiary/aromatic N) is 1. The first-order chi connectivity index (χ1) is 8.29. The van der Waals surface area contributed by atoms with E-state index in [2.05, 4.69) is 19.1 Å². The number of benzene rings is 1. The van der Waals surface area contributed by atoms with Gasteiger partial charge in [0.1, 0.15) is 0 Å². The molecule has 0 N–H and O–H groups in total. The number of rotatable bonds is 3. The minimum Gasteiger partial charge on any atom is -0.378 e. The number of carbonyl (C=O) groups excluding carboxylic acids is 1. The van der Waals surface area contributed by atoms with Crippen LogP contribution >= 0.6 is 0 Å². The maximum Gasteiger partial charge on any atom is 0.227 e. The van der Waals surface area contributed by atoms with Crippen LogP contribution in [0, 0.1) is 0 Å². The minimum atomic E-state index is 0.210. The SMILES string of the molecule is CCc1cccc(CC(=O)N2CCOCC2)c1. The van der Waals surface area contributed by atoms with Gasteiger partial charge in [0.25, 0.3) is 0 Å². The Morgan fingerprint density at radius 1 is 1.29 bits per heavy atom. The van der Waals surface area contributed by atoms with Gasteiger partial charge in [-0.15, -0.1) is 0 Å². The van der Waals surface area contributed by atoms with Gasteiger partial charge in [0.15, 0.2) is 0 Å². The molecule has 92 valence electrons. The number of aryl methyl sites for hydroxylation is 1. The lowest BCUT2D eigenvalue weighted by molar-refractivity contribution is -0.134. The van der Waals surface area contributed by atoms with Gasteiger partial charge in [0, 0.05) is 13.1 Å². The minimum absolute atomic E-state index is 0.210. The Morgan fingerprint density at radius 2 is 2.00 bits per heavy atom. The molecule has 1 fully saturated rings. The van der Waals surface area contributed by atoms with E-state index in [0.717, 1.165) is 25.1 Å². The third-order valence-corrected chi connectivity index (χ3v) is 3.12. The summed E-state index contributed by atoms with van der Waals surface area (Å²) in [7, 11) is 0. The van der Waals surface area contributed by atoms with E-state index in [1.807, 2.05) is 17.0 Å². The Hall–Kier alpha value is -1.35. The monoisotopic (exact) mass is 233 g/mol. The first kappa shape index (κ1) is 12.1. The fraction of sp³-hybridized carbons (Fsp3) is 0.500. The van der Waals surface area contributed by atoms with E-state index in [4.69, 9.17) is 4.74 Å². The maximum absolute atomic E-state index is 12.0. The van der Waals surface area contributed by atoms with Crippen molar-refractivity contribution in [2.75, 3.05) is 26.3 Å². The third-order valence-electron chi connectivity index (χ3n) is 3.12. The summed E-state index contributed by atoms with van der Waals surface area (Å²) in [5.74, 6) is 0.210. The smallest absolute Gasteiger partial charge is 0.227 e. The number of ether oxygens (including phenoxy) is 1. The third kappa shape index (κ3) is 3.30. The van der Waals surface area contributed by atoms with Crippen LogP contribution in [0.1, 0.15) is 18.1 Å². The molecule has 0 radical (unpaired) electrons. The van der Waals surface area contributed by atoms with Gasteiger partial charge < -0.3 is 9.64 Å². The topological polar surface area (TPSA) is 29.5 Å². The van der Waals surface area contributed by atoms with E-state index in [-0.39, 0.29) is 5.91 Å². The summed E-state index contributed by atoms with van der Waals surface area (Å²) in [6.07, 6.45) is 1.52. The van der Waals surface area contributed by atoms with Crippen molar-refractivity contribution in [2.24, 2.45) is 0 Å². The highest BCUT2D eigenvalue weighted by Crippen LogP contribution is 2.09. The largest absolute Gasteiger partial charge is 0.378 e. The second kappa shape index (κ2) is 5.82. The first-order valence-corrected chi connectivity index (χ1v) is 6.23. The molecular formula is C14H19NO2. The molecule has 0 aromatic heterocycles. The Morgan fingerprint density at radius 3 is 2.71 bits per heavy atom. The van der Waals surface area contributed by atoms with Crippen LogP contribution in [0.25, 0.3) is 0 Å². The number of amides is 1. The van der Waals surface area contributed by atoms with Crippen LogP contribution in [0.2, 0.25) is 0 Å². The fourth-order valence-electron chi connectivity index (χ4n) is 2.06. The van der Waals surface area contributed by atoms with E-state index >= 15 is 0 Å². The molecule has 1 aliphatic heterocycles. The predicted molar refractivity (Wildman–Crippen MR) is 66.9 cm³/mol. The summed E-state index contributed by atoms with van der Waals surface area (Å²) in [5.41, 5.74) is 2.40. The quantitative estimate of drug-likeness (QED) is 0.794. The zero-order chi connectivity index (χ0) is 12.1. The van der Waals surface area contributed by atoms with Gasteiger partial charge in [0.2, 0.25) is 5.91 Å². The van der Waals surface area contributed by atoms with E-state index in [9.17, 15) is 4.79 Å². The molecule has 17 heavy (non-hydrogen) atoms. The lowest BCUT2D eigenvalue weighted by atomic mass is 10.1. The average molecular weight is 233 g/mol. The van der Waals surface area contributed by atoms with Gasteiger partial charge in [0.05, 0.1) is 19.6 Å². The summed E-state index contributed by atoms with van der Waals surface area (Å²) in [4.78, 5) is 13.9. The summed E-state index contributed by atoms with van der Waals surface area (Å²) in [6.45, 7) is 4.92. The maximum atomic E-state index is 12.0. The van der Waals surface area contributed by atoms with E-state index in [1.165, 1.54) is 5.56 Å². The van der Waals surface area contributed by atoms with Crippen LogP contribution in [0.3, 0.4) is 0 Å². The van der Waals surface area contributed by atoms with Crippen LogP contribution in [0.15, 0.2) is 24.3 Å². The Kier molecular flexibility index (Phi) is 4.15. The molecule has 0 spiro atoms. The van der Waals surface area contributed by atoms with Gasteiger partial charge in [-0.3, -0.25) is 4.79 Å². The van der Waals surface area contributed by atoms with Gasteiger partial charge in [-0.25, -0.2) is 0 Å². The zero-order valence-electron chi connectivity index (χ0n) is 10.3. The number of morpholine rings is 1. The number of hydrogen-bond donors (Lipinski definition) is 0. The summed E-state index contributed by atoms with van der Waals surface area (Å²) in [5, 5.41) is 0. The second-order valence-corrected chi connectivity index (χ2v) is 4.34. The first-order valence-electron chi connectivity index (χ1n) is 6.23. The molecule has 1 aromatic rings. The fourth-order valence-corrected chi connectivity index (χ4v) is 2.06. The van der Waals surface area contributed by atoms with Gasteiger partial charge in [-0.05, 0) is 17.5 Å². The molecule has 2 rings (SSSR count). The summed E-state index contributed by atoms with van der Waals surface area (Å²) in [6, 6.07) is 8.28. The molecule has 3 heteroatoms. The molecule has 0 bridgehead atoms. The molecule has 3 nitrogen and oxygen atoms in total. The standard InChI is InChI=1S/C14H19NO2/c1-2-12-4-3-5-13(10-12)11-14(16)15-6-8-17-9-7-15/h3-5,10H,2,6-9,11H2,1H3. The van der Waals surface area contributed by atoms with Crippen LogP contribution < -0.4 is 0 Å². The molecule has 1 heterocycles. The van der Waals surface area contributed by atoms with Crippen molar-refractivity contribution < 1.29 is 9.53 Å². The van der Waals surface area contributed by atoms with Crippen molar-refractivity contribution in [3.05, 3.63) is 35.4 Å². The number of carbonyl (C=O) groups is 1. The van der Waals surface area contributed by atoms with Crippen molar-refractivity contribution in [1.29, 1.82) is 0 Å². The highest BCUT2D eigenvalue weighted by Gasteiger charge is 2.16. The summed E-state index contributed by atoms with van der Waals surface area (Å²) >= 11 is 0. The molecule has 0 unspecified atom stereocenters. The molecule has 1 aliphatic rings. The van der Waals surface area contributed by atoms with Gasteiger partial charge >= 0.3 is 0 Å². The van der Waals surface area contributed by atoms with E-state index in [0.29, 0.717) is 19.6 Å². The molecule has 0 aliphatic carbocycles. The molecular weight excluding hydrogens is 214 g/mol. The summed E-state index contributed by atoms with van der Waals surface area (Å²) < 4.78 is 5.24. The normalized spacial score (nSPS) is 15.9. The Bertz CT molecular complexity index is 384. The predicted octanol–water partition coefficient (Wildman–Crippen LogP) is 1.65. The van der Waals surface area contributed by atoms with Crippen LogP contribution in [-0.4, -0.2) is 37.1 Å². The molecule has 1 amide bonds.